The number of allylic oxidation sites excluding steroid dienone is 1. The van der Waals surface area contributed by atoms with Crippen molar-refractivity contribution in [2.24, 2.45) is 5.92 Å². The van der Waals surface area contributed by atoms with Crippen LogP contribution < -0.4 is 0 Å². The fourth-order valence-electron chi connectivity index (χ4n) is 2.33. The topological polar surface area (TPSA) is 55.8 Å². The zero-order valence-electron chi connectivity index (χ0n) is 13.8. The molecular weight excluding hydrogens is 384 g/mol. The molecule has 1 saturated heterocycles. The molecule has 0 aromatic heterocycles. The predicted molar refractivity (Wildman–Crippen MR) is 70.0 cm³/mol. The normalized spacial score (nSPS) is 30.0. The van der Waals surface area contributed by atoms with Crippen LogP contribution in [0.25, 0.3) is 0 Å². The largest absolute Gasteiger partial charge is 0.449 e. The van der Waals surface area contributed by atoms with Crippen LogP contribution in [-0.4, -0.2) is 47.3 Å². The Hall–Kier alpha value is -1.43. The fourth-order valence-corrected chi connectivity index (χ4v) is 2.33. The molecule has 1 aliphatic heterocycles. The Morgan fingerprint density at radius 3 is 2.00 bits per heavy atom. The van der Waals surface area contributed by atoms with Gasteiger partial charge in [-0.2, -0.15) is 35.1 Å². The van der Waals surface area contributed by atoms with Crippen LogP contribution in [0, 0.1) is 5.92 Å². The van der Waals surface area contributed by atoms with Crippen LogP contribution in [0.15, 0.2) is 11.6 Å². The van der Waals surface area contributed by atoms with Crippen LogP contribution in [0.5, 0.6) is 0 Å². The van der Waals surface area contributed by atoms with Gasteiger partial charge in [-0.1, -0.05) is 18.6 Å². The number of hydrogen-bond donors (Lipinski definition) is 1. The number of rotatable bonds is 4. The summed E-state index contributed by atoms with van der Waals surface area (Å²) in [6, 6.07) is 0. The first-order valence-corrected chi connectivity index (χ1v) is 7.22. The van der Waals surface area contributed by atoms with Gasteiger partial charge in [0, 0.05) is 0 Å². The number of halogens is 8. The van der Waals surface area contributed by atoms with Crippen molar-refractivity contribution < 1.29 is 54.5 Å². The Balaban J connectivity index is 3.44. The highest BCUT2D eigenvalue weighted by atomic mass is 19.4. The lowest BCUT2D eigenvalue weighted by Gasteiger charge is -2.38. The van der Waals surface area contributed by atoms with Crippen LogP contribution in [-0.2, 0) is 14.3 Å². The summed E-state index contributed by atoms with van der Waals surface area (Å²) in [4.78, 5) is 11.9. The molecule has 3 atom stereocenters. The molecule has 4 nitrogen and oxygen atoms in total. The first kappa shape index (κ1) is 22.6. The smallest absolute Gasteiger partial charge is 0.439 e. The molecule has 26 heavy (non-hydrogen) atoms. The van der Waals surface area contributed by atoms with E-state index in [-0.39, 0.29) is 6.42 Å². The van der Waals surface area contributed by atoms with Crippen LogP contribution in [0.2, 0.25) is 0 Å². The van der Waals surface area contributed by atoms with E-state index in [9.17, 15) is 39.9 Å². The van der Waals surface area contributed by atoms with Gasteiger partial charge in [0.05, 0.1) is 5.92 Å². The third-order valence-corrected chi connectivity index (χ3v) is 3.81. The minimum Gasteiger partial charge on any atom is -0.439 e. The molecule has 1 N–H and O–H groups in total. The fraction of sp³-hybridized carbons (Fsp3) is 0.786. The molecule has 0 saturated carbocycles. The van der Waals surface area contributed by atoms with Crippen LogP contribution >= 0.6 is 0 Å². The second-order valence-electron chi connectivity index (χ2n) is 6.01. The van der Waals surface area contributed by atoms with E-state index >= 15 is 0 Å². The van der Waals surface area contributed by atoms with E-state index in [1.807, 2.05) is 0 Å². The maximum atomic E-state index is 14.2. The summed E-state index contributed by atoms with van der Waals surface area (Å²) in [5, 5.41) is 9.11. The average molecular weight is 400 g/mol. The van der Waals surface area contributed by atoms with Crippen LogP contribution in [0.4, 0.5) is 35.1 Å². The van der Waals surface area contributed by atoms with E-state index in [0.29, 0.717) is 5.57 Å². The van der Waals surface area contributed by atoms with Crippen molar-refractivity contribution in [1.82, 2.24) is 0 Å². The molecule has 12 heteroatoms. The number of carbonyl (C=O) groups excluding carboxylic acids is 1. The first-order chi connectivity index (χ1) is 11.5. The molecule has 0 spiro atoms. The molecule has 0 aliphatic carbocycles. The van der Waals surface area contributed by atoms with E-state index in [1.165, 1.54) is 20.8 Å². The Morgan fingerprint density at radius 2 is 1.69 bits per heavy atom. The van der Waals surface area contributed by atoms with E-state index in [0.717, 1.165) is 6.08 Å². The summed E-state index contributed by atoms with van der Waals surface area (Å²) >= 11 is 0. The number of ether oxygens (including phenoxy) is 2. The van der Waals surface area contributed by atoms with Crippen molar-refractivity contribution in [1.29, 1.82) is 0 Å². The minimum atomic E-state index is -6.28. The molecule has 0 aromatic carbocycles. The molecule has 1 fully saturated rings. The zero-order chi connectivity index (χ0) is 20.8. The summed E-state index contributed by atoms with van der Waals surface area (Å²) in [5.74, 6) is -14.7. The summed E-state index contributed by atoms with van der Waals surface area (Å²) in [5.41, 5.74) is -4.55. The van der Waals surface area contributed by atoms with Crippen molar-refractivity contribution in [3.63, 3.8) is 0 Å². The number of alkyl halides is 8. The van der Waals surface area contributed by atoms with E-state index in [4.69, 9.17) is 5.11 Å². The molecular formula is C14H16F8O4. The van der Waals surface area contributed by atoms with E-state index < -0.39 is 48.2 Å². The number of esters is 1. The third-order valence-electron chi connectivity index (χ3n) is 3.81. The molecule has 0 radical (unpaired) electrons. The molecule has 152 valence electrons. The standard InChI is InChI=1S/C14H16F8O4/c1-4-8(5-7(2)3)9(23)26-10(13(17,18)19)6-25-12(24,11(10,15)16)14(20,21)22/h5,8,24H,4,6H2,1-3H3. The van der Waals surface area contributed by atoms with Crippen molar-refractivity contribution in [3.05, 3.63) is 11.6 Å². The third kappa shape index (κ3) is 3.28. The summed E-state index contributed by atoms with van der Waals surface area (Å²) < 4.78 is 114. The number of hydrogen-bond acceptors (Lipinski definition) is 4. The summed E-state index contributed by atoms with van der Waals surface area (Å²) in [6.45, 7) is 1.84. The maximum Gasteiger partial charge on any atom is 0.449 e. The molecule has 0 bridgehead atoms. The highest BCUT2D eigenvalue weighted by molar-refractivity contribution is 5.75. The number of aliphatic hydroxyl groups is 1. The maximum absolute atomic E-state index is 14.2. The zero-order valence-corrected chi connectivity index (χ0v) is 13.8. The van der Waals surface area contributed by atoms with Crippen molar-refractivity contribution in [2.45, 2.75) is 56.9 Å². The van der Waals surface area contributed by atoms with Gasteiger partial charge in [-0.3, -0.25) is 4.79 Å². The second kappa shape index (κ2) is 6.63. The van der Waals surface area contributed by atoms with E-state index in [1.54, 1.807) is 0 Å². The van der Waals surface area contributed by atoms with Gasteiger partial charge in [-0.25, -0.2) is 0 Å². The molecule has 3 unspecified atom stereocenters. The monoisotopic (exact) mass is 400 g/mol. The van der Waals surface area contributed by atoms with Gasteiger partial charge < -0.3 is 14.6 Å². The van der Waals surface area contributed by atoms with Gasteiger partial charge >= 0.3 is 30.0 Å². The van der Waals surface area contributed by atoms with Gasteiger partial charge in [0.1, 0.15) is 6.61 Å². The van der Waals surface area contributed by atoms with Gasteiger partial charge in [-0.15, -0.1) is 0 Å². The van der Waals surface area contributed by atoms with Gasteiger partial charge in [0.2, 0.25) is 0 Å². The Labute approximate surface area is 142 Å². The molecule has 1 aliphatic rings. The minimum absolute atomic E-state index is 0.159. The highest BCUT2D eigenvalue weighted by Crippen LogP contribution is 2.59. The quantitative estimate of drug-likeness (QED) is 0.444. The average Bonchev–Trinajstić information content (AvgIpc) is 2.65. The Kier molecular flexibility index (Phi) is 5.76. The van der Waals surface area contributed by atoms with Crippen molar-refractivity contribution >= 4 is 5.97 Å². The van der Waals surface area contributed by atoms with Crippen LogP contribution in [0.1, 0.15) is 27.2 Å². The molecule has 0 amide bonds. The van der Waals surface area contributed by atoms with E-state index in [2.05, 4.69) is 9.47 Å². The molecule has 1 heterocycles. The lowest BCUT2D eigenvalue weighted by atomic mass is 9.91. The van der Waals surface area contributed by atoms with Crippen LogP contribution in [0.3, 0.4) is 0 Å². The van der Waals surface area contributed by atoms with Crippen molar-refractivity contribution in [3.8, 4) is 0 Å². The summed E-state index contributed by atoms with van der Waals surface area (Å²) in [6.07, 6.45) is -11.5. The van der Waals surface area contributed by atoms with Gasteiger partial charge in [0.15, 0.2) is 0 Å². The Bertz CT molecular complexity index is 578. The Morgan fingerprint density at radius 1 is 1.19 bits per heavy atom. The van der Waals surface area contributed by atoms with Gasteiger partial charge in [-0.05, 0) is 20.3 Å². The van der Waals surface area contributed by atoms with Gasteiger partial charge in [0.25, 0.3) is 5.60 Å². The lowest BCUT2D eigenvalue weighted by molar-refractivity contribution is -0.421. The number of carbonyl (C=O) groups is 1. The lowest BCUT2D eigenvalue weighted by Crippen LogP contribution is -2.69. The van der Waals surface area contributed by atoms with Crippen molar-refractivity contribution in [2.75, 3.05) is 6.61 Å². The highest BCUT2D eigenvalue weighted by Gasteiger charge is 2.90. The SMILES string of the molecule is CCC(C=C(C)C)C(=O)OC1(C(F)(F)F)COC(O)(C(F)(F)F)C1(F)F. The first-order valence-electron chi connectivity index (χ1n) is 7.22. The molecule has 1 rings (SSSR count). The predicted octanol–water partition coefficient (Wildman–Crippen LogP) is 3.74. The molecule has 0 aromatic rings. The summed E-state index contributed by atoms with van der Waals surface area (Å²) in [7, 11) is 0. The second-order valence-corrected chi connectivity index (χ2v) is 6.01.